The third kappa shape index (κ3) is 3.52. The van der Waals surface area contributed by atoms with Crippen LogP contribution in [0.1, 0.15) is 19.6 Å². The van der Waals surface area contributed by atoms with Crippen molar-refractivity contribution in [2.75, 3.05) is 7.05 Å². The maximum Gasteiger partial charge on any atom is 0.319 e. The standard InChI is InChI=1S/C17H19N5O3/c1-10-15(11(2)20-17(24)19-10)16(23)22(3)9-12-8-14(21-25-12)13-6-4-5-7-18-13/h4-8,10H,9H2,1-3H3,(H2,19,20,24). The molecule has 3 heterocycles. The molecule has 25 heavy (non-hydrogen) atoms. The number of aromatic nitrogens is 2. The zero-order valence-electron chi connectivity index (χ0n) is 14.2. The molecule has 3 rings (SSSR count). The van der Waals surface area contributed by atoms with Crippen molar-refractivity contribution in [1.82, 2.24) is 25.7 Å². The van der Waals surface area contributed by atoms with Crippen LogP contribution in [-0.4, -0.2) is 40.1 Å². The topological polar surface area (TPSA) is 100 Å². The fraction of sp³-hybridized carbons (Fsp3) is 0.294. The van der Waals surface area contributed by atoms with Gasteiger partial charge in [0.05, 0.1) is 23.9 Å². The van der Waals surface area contributed by atoms with Crippen LogP contribution in [-0.2, 0) is 11.3 Å². The van der Waals surface area contributed by atoms with E-state index in [-0.39, 0.29) is 24.5 Å². The van der Waals surface area contributed by atoms with Crippen LogP contribution < -0.4 is 10.6 Å². The number of pyridine rings is 1. The molecular weight excluding hydrogens is 322 g/mol. The highest BCUT2D eigenvalue weighted by atomic mass is 16.5. The number of amides is 3. The zero-order chi connectivity index (χ0) is 18.0. The summed E-state index contributed by atoms with van der Waals surface area (Å²) in [6.07, 6.45) is 1.68. The van der Waals surface area contributed by atoms with Gasteiger partial charge in [-0.25, -0.2) is 4.79 Å². The molecule has 3 amide bonds. The predicted molar refractivity (Wildman–Crippen MR) is 90.0 cm³/mol. The van der Waals surface area contributed by atoms with E-state index in [2.05, 4.69) is 20.8 Å². The van der Waals surface area contributed by atoms with Crippen molar-refractivity contribution in [3.8, 4) is 11.4 Å². The molecule has 1 unspecified atom stereocenters. The van der Waals surface area contributed by atoms with Gasteiger partial charge in [0.1, 0.15) is 5.69 Å². The van der Waals surface area contributed by atoms with Crippen molar-refractivity contribution < 1.29 is 14.1 Å². The van der Waals surface area contributed by atoms with Gasteiger partial charge in [0.2, 0.25) is 0 Å². The summed E-state index contributed by atoms with van der Waals surface area (Å²) in [5.41, 5.74) is 2.40. The molecule has 2 aromatic heterocycles. The molecule has 8 heteroatoms. The Bertz CT molecular complexity index is 828. The second-order valence-electron chi connectivity index (χ2n) is 5.91. The number of hydrogen-bond donors (Lipinski definition) is 2. The van der Waals surface area contributed by atoms with Crippen LogP contribution in [0.25, 0.3) is 11.4 Å². The van der Waals surface area contributed by atoms with E-state index in [1.165, 1.54) is 4.90 Å². The number of allylic oxidation sites excluding steroid dienone is 1. The minimum atomic E-state index is -0.359. The molecule has 1 aliphatic heterocycles. The molecule has 130 valence electrons. The number of nitrogens with zero attached hydrogens (tertiary/aromatic N) is 3. The summed E-state index contributed by atoms with van der Waals surface area (Å²) in [6, 6.07) is 6.63. The average molecular weight is 341 g/mol. The highest BCUT2D eigenvalue weighted by Gasteiger charge is 2.29. The Balaban J connectivity index is 1.73. The second-order valence-corrected chi connectivity index (χ2v) is 5.91. The normalized spacial score (nSPS) is 17.1. The Hall–Kier alpha value is -3.16. The first-order valence-electron chi connectivity index (χ1n) is 7.86. The Labute approximate surface area is 144 Å². The molecule has 0 aromatic carbocycles. The number of hydrogen-bond acceptors (Lipinski definition) is 5. The first-order valence-corrected chi connectivity index (χ1v) is 7.86. The van der Waals surface area contributed by atoms with E-state index in [4.69, 9.17) is 4.52 Å². The molecule has 0 spiro atoms. The minimum absolute atomic E-state index is 0.187. The van der Waals surface area contributed by atoms with Crippen LogP contribution >= 0.6 is 0 Å². The summed E-state index contributed by atoms with van der Waals surface area (Å²) >= 11 is 0. The fourth-order valence-electron chi connectivity index (χ4n) is 2.75. The fourth-order valence-corrected chi connectivity index (χ4v) is 2.75. The van der Waals surface area contributed by atoms with Gasteiger partial charge in [0.25, 0.3) is 5.91 Å². The molecule has 8 nitrogen and oxygen atoms in total. The lowest BCUT2D eigenvalue weighted by Gasteiger charge is -2.28. The SMILES string of the molecule is CC1=C(C(=O)N(C)Cc2cc(-c3ccccn3)no2)C(C)NC(=O)N1. The molecule has 0 saturated heterocycles. The van der Waals surface area contributed by atoms with E-state index in [1.807, 2.05) is 18.2 Å². The quantitative estimate of drug-likeness (QED) is 0.881. The van der Waals surface area contributed by atoms with Crippen LogP contribution in [0.2, 0.25) is 0 Å². The van der Waals surface area contributed by atoms with Crippen molar-refractivity contribution in [2.45, 2.75) is 26.4 Å². The third-order valence-corrected chi connectivity index (χ3v) is 3.94. The number of nitrogens with one attached hydrogen (secondary N) is 2. The molecule has 2 N–H and O–H groups in total. The summed E-state index contributed by atoms with van der Waals surface area (Å²) in [5, 5.41) is 9.30. The Morgan fingerprint density at radius 3 is 2.84 bits per heavy atom. The highest BCUT2D eigenvalue weighted by Crippen LogP contribution is 2.19. The molecule has 0 fully saturated rings. The van der Waals surface area contributed by atoms with E-state index in [0.29, 0.717) is 28.4 Å². The zero-order valence-corrected chi connectivity index (χ0v) is 14.2. The second kappa shape index (κ2) is 6.76. The van der Waals surface area contributed by atoms with Crippen molar-refractivity contribution in [2.24, 2.45) is 0 Å². The number of carbonyl (C=O) groups is 2. The van der Waals surface area contributed by atoms with Crippen molar-refractivity contribution in [1.29, 1.82) is 0 Å². The summed E-state index contributed by atoms with van der Waals surface area (Å²) in [5.74, 6) is 0.364. The van der Waals surface area contributed by atoms with Gasteiger partial charge >= 0.3 is 6.03 Å². The lowest BCUT2D eigenvalue weighted by molar-refractivity contribution is -0.127. The molecular formula is C17H19N5O3. The van der Waals surface area contributed by atoms with Gasteiger partial charge in [0, 0.05) is 25.0 Å². The van der Waals surface area contributed by atoms with Gasteiger partial charge in [-0.15, -0.1) is 0 Å². The molecule has 1 atom stereocenters. The van der Waals surface area contributed by atoms with E-state index < -0.39 is 0 Å². The van der Waals surface area contributed by atoms with E-state index in [1.54, 1.807) is 33.2 Å². The maximum atomic E-state index is 12.7. The number of carbonyl (C=O) groups excluding carboxylic acids is 2. The first kappa shape index (κ1) is 16.7. The number of urea groups is 1. The van der Waals surface area contributed by atoms with Crippen LogP contribution in [0.4, 0.5) is 4.79 Å². The summed E-state index contributed by atoms with van der Waals surface area (Å²) in [7, 11) is 1.68. The highest BCUT2D eigenvalue weighted by molar-refractivity contribution is 5.98. The smallest absolute Gasteiger partial charge is 0.319 e. The van der Waals surface area contributed by atoms with Crippen molar-refractivity contribution >= 4 is 11.9 Å². The number of rotatable bonds is 4. The van der Waals surface area contributed by atoms with Crippen LogP contribution in [0, 0.1) is 0 Å². The molecule has 0 saturated carbocycles. The lowest BCUT2D eigenvalue weighted by Crippen LogP contribution is -2.50. The average Bonchev–Trinajstić information content (AvgIpc) is 3.03. The molecule has 1 aliphatic rings. The molecule has 0 aliphatic carbocycles. The third-order valence-electron chi connectivity index (χ3n) is 3.94. The molecule has 0 bridgehead atoms. The van der Waals surface area contributed by atoms with Crippen LogP contribution in [0.3, 0.4) is 0 Å². The van der Waals surface area contributed by atoms with E-state index in [0.717, 1.165) is 0 Å². The Kier molecular flexibility index (Phi) is 4.51. The summed E-state index contributed by atoms with van der Waals surface area (Å²) in [4.78, 5) is 29.9. The van der Waals surface area contributed by atoms with Crippen LogP contribution in [0.15, 0.2) is 46.3 Å². The maximum absolute atomic E-state index is 12.7. The lowest BCUT2D eigenvalue weighted by atomic mass is 10.0. The predicted octanol–water partition coefficient (Wildman–Crippen LogP) is 1.67. The monoisotopic (exact) mass is 341 g/mol. The van der Waals surface area contributed by atoms with E-state index in [9.17, 15) is 9.59 Å². The van der Waals surface area contributed by atoms with Gasteiger partial charge in [-0.2, -0.15) is 0 Å². The van der Waals surface area contributed by atoms with Gasteiger partial charge in [0.15, 0.2) is 5.76 Å². The summed E-state index contributed by atoms with van der Waals surface area (Å²) in [6.45, 7) is 3.75. The first-order chi connectivity index (χ1) is 12.0. The van der Waals surface area contributed by atoms with Crippen LogP contribution in [0.5, 0.6) is 0 Å². The van der Waals surface area contributed by atoms with Crippen molar-refractivity contribution in [3.05, 3.63) is 47.5 Å². The minimum Gasteiger partial charge on any atom is -0.359 e. The van der Waals surface area contributed by atoms with Gasteiger partial charge in [-0.1, -0.05) is 11.2 Å². The largest absolute Gasteiger partial charge is 0.359 e. The Morgan fingerprint density at radius 1 is 1.36 bits per heavy atom. The Morgan fingerprint density at radius 2 is 2.16 bits per heavy atom. The van der Waals surface area contributed by atoms with E-state index >= 15 is 0 Å². The number of likely N-dealkylation sites (N-methyl/N-ethyl adjacent to an activating group) is 1. The van der Waals surface area contributed by atoms with Gasteiger partial charge in [-0.3, -0.25) is 9.78 Å². The van der Waals surface area contributed by atoms with Gasteiger partial charge in [-0.05, 0) is 26.0 Å². The van der Waals surface area contributed by atoms with Crippen molar-refractivity contribution in [3.63, 3.8) is 0 Å². The van der Waals surface area contributed by atoms with Gasteiger partial charge < -0.3 is 20.1 Å². The molecule has 0 radical (unpaired) electrons. The summed E-state index contributed by atoms with van der Waals surface area (Å²) < 4.78 is 5.31. The molecule has 2 aromatic rings.